The summed E-state index contributed by atoms with van der Waals surface area (Å²) in [5.74, 6) is 0.657. The Hall–Kier alpha value is -3.31. The van der Waals surface area contributed by atoms with Crippen LogP contribution in [-0.4, -0.2) is 17.2 Å². The first-order chi connectivity index (χ1) is 14.1. The third-order valence-electron chi connectivity index (χ3n) is 4.48. The number of amides is 1. The molecular formula is C24H25NO4. The van der Waals surface area contributed by atoms with Crippen LogP contribution in [0.2, 0.25) is 0 Å². The van der Waals surface area contributed by atoms with E-state index in [0.717, 1.165) is 11.1 Å². The summed E-state index contributed by atoms with van der Waals surface area (Å²) in [5, 5.41) is 13.3. The molecule has 29 heavy (non-hydrogen) atoms. The van der Waals surface area contributed by atoms with Gasteiger partial charge in [-0.25, -0.2) is 4.79 Å². The molecule has 0 radical (unpaired) electrons. The lowest BCUT2D eigenvalue weighted by molar-refractivity contribution is 0.106. The highest BCUT2D eigenvalue weighted by molar-refractivity contribution is 5.67. The highest BCUT2D eigenvalue weighted by Crippen LogP contribution is 2.22. The van der Waals surface area contributed by atoms with Crippen LogP contribution in [0.15, 0.2) is 84.9 Å². The number of hydrogen-bond donors (Lipinski definition) is 2. The molecule has 0 bridgehead atoms. The van der Waals surface area contributed by atoms with Crippen molar-refractivity contribution in [1.82, 2.24) is 5.32 Å². The monoisotopic (exact) mass is 391 g/mol. The lowest BCUT2D eigenvalue weighted by atomic mass is 10.0. The maximum Gasteiger partial charge on any atom is 0.407 e. The van der Waals surface area contributed by atoms with E-state index in [1.54, 1.807) is 19.1 Å². The van der Waals surface area contributed by atoms with Crippen LogP contribution in [0.4, 0.5) is 4.79 Å². The summed E-state index contributed by atoms with van der Waals surface area (Å²) in [5.41, 5.74) is 2.63. The zero-order valence-electron chi connectivity index (χ0n) is 16.3. The average Bonchev–Trinajstić information content (AvgIpc) is 2.77. The second-order valence-corrected chi connectivity index (χ2v) is 6.79. The standard InChI is InChI=1S/C24H25NO4/c1-18(25-24(27)29-17-20-11-6-3-7-12-20)23(26)21-13-8-14-22(15-21)28-16-19-9-4-2-5-10-19/h2-15,18,23,26H,16-17H2,1H3,(H,25,27)/t18-,23-/m0/s1. The van der Waals surface area contributed by atoms with Crippen molar-refractivity contribution in [3.05, 3.63) is 102 Å². The molecule has 3 aromatic rings. The fraction of sp³-hybridized carbons (Fsp3) is 0.208. The van der Waals surface area contributed by atoms with E-state index < -0.39 is 18.2 Å². The number of benzene rings is 3. The largest absolute Gasteiger partial charge is 0.489 e. The van der Waals surface area contributed by atoms with Crippen LogP contribution in [0.1, 0.15) is 29.7 Å². The van der Waals surface area contributed by atoms with Crippen LogP contribution in [0, 0.1) is 0 Å². The summed E-state index contributed by atoms with van der Waals surface area (Å²) in [4.78, 5) is 12.0. The van der Waals surface area contributed by atoms with E-state index in [1.165, 1.54) is 0 Å². The molecule has 5 heteroatoms. The molecule has 0 saturated carbocycles. The predicted octanol–water partition coefficient (Wildman–Crippen LogP) is 4.61. The summed E-state index contributed by atoms with van der Waals surface area (Å²) in [7, 11) is 0. The van der Waals surface area contributed by atoms with Gasteiger partial charge in [0.05, 0.1) is 12.1 Å². The van der Waals surface area contributed by atoms with Gasteiger partial charge in [0.2, 0.25) is 0 Å². The number of rotatable bonds is 8. The Labute approximate surface area is 170 Å². The third-order valence-corrected chi connectivity index (χ3v) is 4.48. The zero-order chi connectivity index (χ0) is 20.5. The maximum absolute atomic E-state index is 12.0. The molecule has 0 aliphatic rings. The van der Waals surface area contributed by atoms with E-state index in [-0.39, 0.29) is 6.61 Å². The number of ether oxygens (including phenoxy) is 2. The Morgan fingerprint density at radius 2 is 1.52 bits per heavy atom. The van der Waals surface area contributed by atoms with Crippen molar-refractivity contribution in [3.8, 4) is 5.75 Å². The average molecular weight is 391 g/mol. The normalized spacial score (nSPS) is 12.6. The van der Waals surface area contributed by atoms with Crippen molar-refractivity contribution in [2.24, 2.45) is 0 Å². The van der Waals surface area contributed by atoms with Crippen LogP contribution < -0.4 is 10.1 Å². The lowest BCUT2D eigenvalue weighted by Gasteiger charge is -2.21. The zero-order valence-corrected chi connectivity index (χ0v) is 16.3. The van der Waals surface area contributed by atoms with Gasteiger partial charge in [0.15, 0.2) is 0 Å². The summed E-state index contributed by atoms with van der Waals surface area (Å²) in [6.45, 7) is 2.35. The number of aliphatic hydroxyl groups is 1. The van der Waals surface area contributed by atoms with Gasteiger partial charge in [-0.3, -0.25) is 0 Å². The number of alkyl carbamates (subject to hydrolysis) is 1. The number of carbonyl (C=O) groups excluding carboxylic acids is 1. The van der Waals surface area contributed by atoms with Gasteiger partial charge in [0, 0.05) is 0 Å². The molecule has 150 valence electrons. The molecule has 1 amide bonds. The Kier molecular flexibility index (Phi) is 7.25. The SMILES string of the molecule is C[C@H](NC(=O)OCc1ccccc1)[C@H](O)c1cccc(OCc2ccccc2)c1. The van der Waals surface area contributed by atoms with Gasteiger partial charge in [-0.1, -0.05) is 72.8 Å². The Balaban J connectivity index is 1.52. The van der Waals surface area contributed by atoms with E-state index in [4.69, 9.17) is 9.47 Å². The fourth-order valence-electron chi connectivity index (χ4n) is 2.85. The van der Waals surface area contributed by atoms with Gasteiger partial charge in [0.25, 0.3) is 0 Å². The van der Waals surface area contributed by atoms with Gasteiger partial charge >= 0.3 is 6.09 Å². The van der Waals surface area contributed by atoms with Crippen molar-refractivity contribution in [2.45, 2.75) is 32.3 Å². The Bertz CT molecular complexity index is 899. The lowest BCUT2D eigenvalue weighted by Crippen LogP contribution is -2.37. The van der Waals surface area contributed by atoms with Gasteiger partial charge in [-0.15, -0.1) is 0 Å². The Morgan fingerprint density at radius 3 is 2.17 bits per heavy atom. The number of hydrogen-bond acceptors (Lipinski definition) is 4. The van der Waals surface area contributed by atoms with E-state index in [2.05, 4.69) is 5.32 Å². The summed E-state index contributed by atoms with van der Waals surface area (Å²) < 4.78 is 11.0. The molecule has 0 aliphatic heterocycles. The highest BCUT2D eigenvalue weighted by atomic mass is 16.5. The minimum Gasteiger partial charge on any atom is -0.489 e. The van der Waals surface area contributed by atoms with E-state index in [9.17, 15) is 9.90 Å². The van der Waals surface area contributed by atoms with Crippen molar-refractivity contribution in [3.63, 3.8) is 0 Å². The van der Waals surface area contributed by atoms with Crippen molar-refractivity contribution < 1.29 is 19.4 Å². The molecule has 3 aromatic carbocycles. The molecule has 0 unspecified atom stereocenters. The minimum absolute atomic E-state index is 0.179. The third kappa shape index (κ3) is 6.36. The highest BCUT2D eigenvalue weighted by Gasteiger charge is 2.19. The quantitative estimate of drug-likeness (QED) is 0.588. The van der Waals surface area contributed by atoms with Crippen molar-refractivity contribution in [2.75, 3.05) is 0 Å². The summed E-state index contributed by atoms with van der Waals surface area (Å²) in [6, 6.07) is 26.0. The van der Waals surface area contributed by atoms with Gasteiger partial charge in [0.1, 0.15) is 19.0 Å². The molecule has 2 N–H and O–H groups in total. The molecule has 0 saturated heterocycles. The van der Waals surface area contributed by atoms with Crippen LogP contribution in [-0.2, 0) is 18.0 Å². The first-order valence-corrected chi connectivity index (χ1v) is 9.54. The molecule has 0 fully saturated rings. The molecule has 0 aromatic heterocycles. The second-order valence-electron chi connectivity index (χ2n) is 6.79. The van der Waals surface area contributed by atoms with Crippen LogP contribution in [0.25, 0.3) is 0 Å². The van der Waals surface area contributed by atoms with Gasteiger partial charge in [-0.2, -0.15) is 0 Å². The van der Waals surface area contributed by atoms with Crippen molar-refractivity contribution in [1.29, 1.82) is 0 Å². The van der Waals surface area contributed by atoms with E-state index in [0.29, 0.717) is 17.9 Å². The molecule has 0 heterocycles. The molecule has 3 rings (SSSR count). The maximum atomic E-state index is 12.0. The topological polar surface area (TPSA) is 67.8 Å². The molecule has 5 nitrogen and oxygen atoms in total. The first kappa shape index (κ1) is 20.4. The number of aliphatic hydroxyl groups excluding tert-OH is 1. The predicted molar refractivity (Wildman–Crippen MR) is 111 cm³/mol. The smallest absolute Gasteiger partial charge is 0.407 e. The summed E-state index contributed by atoms with van der Waals surface area (Å²) >= 11 is 0. The van der Waals surface area contributed by atoms with Crippen molar-refractivity contribution >= 4 is 6.09 Å². The number of carbonyl (C=O) groups is 1. The minimum atomic E-state index is -0.889. The second kappa shape index (κ2) is 10.3. The van der Waals surface area contributed by atoms with Crippen LogP contribution in [0.3, 0.4) is 0 Å². The molecule has 2 atom stereocenters. The van der Waals surface area contributed by atoms with Crippen LogP contribution in [0.5, 0.6) is 5.75 Å². The van der Waals surface area contributed by atoms with E-state index >= 15 is 0 Å². The first-order valence-electron chi connectivity index (χ1n) is 9.54. The number of nitrogens with one attached hydrogen (secondary N) is 1. The molecule has 0 spiro atoms. The summed E-state index contributed by atoms with van der Waals surface area (Å²) in [6.07, 6.45) is -1.46. The van der Waals surface area contributed by atoms with Gasteiger partial charge < -0.3 is 19.9 Å². The van der Waals surface area contributed by atoms with Gasteiger partial charge in [-0.05, 0) is 35.7 Å². The Morgan fingerprint density at radius 1 is 0.897 bits per heavy atom. The fourth-order valence-corrected chi connectivity index (χ4v) is 2.85. The molecule has 0 aliphatic carbocycles. The molecular weight excluding hydrogens is 366 g/mol. The van der Waals surface area contributed by atoms with E-state index in [1.807, 2.05) is 72.8 Å². The van der Waals surface area contributed by atoms with Crippen LogP contribution >= 0.6 is 0 Å².